The van der Waals surface area contributed by atoms with Gasteiger partial charge >= 0.3 is 0 Å². The molecule has 0 bridgehead atoms. The summed E-state index contributed by atoms with van der Waals surface area (Å²) in [5.41, 5.74) is 0.994. The van der Waals surface area contributed by atoms with Gasteiger partial charge in [0, 0.05) is 32.4 Å². The highest BCUT2D eigenvalue weighted by Crippen LogP contribution is 2.20. The van der Waals surface area contributed by atoms with E-state index < -0.39 is 0 Å². The molecule has 2 N–H and O–H groups in total. The molecule has 1 aliphatic rings. The van der Waals surface area contributed by atoms with Crippen LogP contribution in [0.4, 0.5) is 0 Å². The van der Waals surface area contributed by atoms with Crippen LogP contribution in [0, 0.1) is 11.8 Å². The molecular formula is C20H35N5. The first-order valence-electron chi connectivity index (χ1n) is 9.81. The molecule has 0 amide bonds. The Balaban J connectivity index is 1.65. The van der Waals surface area contributed by atoms with Crippen molar-refractivity contribution in [3.63, 3.8) is 0 Å². The first kappa shape index (κ1) is 19.7. The number of likely N-dealkylation sites (tertiary alicyclic amines) is 1. The van der Waals surface area contributed by atoms with Gasteiger partial charge in [-0.1, -0.05) is 19.9 Å². The minimum atomic E-state index is 0.611. The van der Waals surface area contributed by atoms with E-state index in [1.54, 1.807) is 0 Å². The number of nitrogens with zero attached hydrogens (tertiary/aromatic N) is 3. The molecule has 0 aliphatic carbocycles. The molecule has 1 aromatic rings. The number of rotatable bonds is 8. The Morgan fingerprint density at radius 1 is 1.20 bits per heavy atom. The maximum absolute atomic E-state index is 4.61. The minimum absolute atomic E-state index is 0.611. The fourth-order valence-corrected chi connectivity index (χ4v) is 3.64. The molecule has 1 saturated heterocycles. The van der Waals surface area contributed by atoms with Crippen LogP contribution in [0.2, 0.25) is 0 Å². The molecule has 2 unspecified atom stereocenters. The molecule has 2 rings (SSSR count). The zero-order chi connectivity index (χ0) is 17.9. The highest BCUT2D eigenvalue weighted by atomic mass is 15.2. The molecule has 1 fully saturated rings. The van der Waals surface area contributed by atoms with Crippen LogP contribution >= 0.6 is 0 Å². The second-order valence-corrected chi connectivity index (χ2v) is 7.36. The van der Waals surface area contributed by atoms with E-state index >= 15 is 0 Å². The lowest BCUT2D eigenvalue weighted by molar-refractivity contribution is 0.139. The van der Waals surface area contributed by atoms with Crippen LogP contribution in [-0.2, 0) is 6.54 Å². The Hall–Kier alpha value is -1.62. The molecule has 5 nitrogen and oxygen atoms in total. The molecule has 0 radical (unpaired) electrons. The van der Waals surface area contributed by atoms with Gasteiger partial charge in [-0.3, -0.25) is 4.98 Å². The lowest BCUT2D eigenvalue weighted by Crippen LogP contribution is -2.40. The smallest absolute Gasteiger partial charge is 0.191 e. The van der Waals surface area contributed by atoms with Gasteiger partial charge in [0.15, 0.2) is 5.96 Å². The Morgan fingerprint density at radius 3 is 2.68 bits per heavy atom. The molecule has 1 aliphatic heterocycles. The average molecular weight is 346 g/mol. The van der Waals surface area contributed by atoms with Crippen molar-refractivity contribution in [3.8, 4) is 0 Å². The third-order valence-electron chi connectivity index (χ3n) is 4.61. The van der Waals surface area contributed by atoms with Gasteiger partial charge in [0.05, 0.1) is 12.2 Å². The zero-order valence-corrected chi connectivity index (χ0v) is 16.2. The predicted octanol–water partition coefficient (Wildman–Crippen LogP) is 2.89. The van der Waals surface area contributed by atoms with E-state index in [1.807, 2.05) is 24.4 Å². The standard InChI is InChI=1S/C20H35N5/c1-4-21-20(24-14-19-9-5-6-10-22-19)23-11-7-8-12-25-15-17(2)13-18(3)16-25/h5-6,9-10,17-18H,4,7-8,11-16H2,1-3H3,(H2,21,23,24). The summed E-state index contributed by atoms with van der Waals surface area (Å²) in [7, 11) is 0. The van der Waals surface area contributed by atoms with Crippen LogP contribution in [0.3, 0.4) is 0 Å². The first-order valence-corrected chi connectivity index (χ1v) is 9.81. The van der Waals surface area contributed by atoms with E-state index in [2.05, 4.69) is 46.3 Å². The number of unbranched alkanes of at least 4 members (excludes halogenated alkanes) is 1. The fraction of sp³-hybridized carbons (Fsp3) is 0.700. The summed E-state index contributed by atoms with van der Waals surface area (Å²) in [5, 5.41) is 6.74. The van der Waals surface area contributed by atoms with Gasteiger partial charge < -0.3 is 15.5 Å². The number of hydrogen-bond acceptors (Lipinski definition) is 3. The van der Waals surface area contributed by atoms with E-state index in [0.717, 1.165) is 36.6 Å². The van der Waals surface area contributed by atoms with E-state index in [9.17, 15) is 0 Å². The lowest BCUT2D eigenvalue weighted by atomic mass is 9.92. The number of piperidine rings is 1. The molecule has 0 spiro atoms. The van der Waals surface area contributed by atoms with Crippen LogP contribution in [0.25, 0.3) is 0 Å². The number of aromatic nitrogens is 1. The predicted molar refractivity (Wildman–Crippen MR) is 106 cm³/mol. The maximum atomic E-state index is 4.61. The van der Waals surface area contributed by atoms with Crippen LogP contribution in [0.5, 0.6) is 0 Å². The van der Waals surface area contributed by atoms with Crippen molar-refractivity contribution in [3.05, 3.63) is 30.1 Å². The second kappa shape index (κ2) is 11.1. The highest BCUT2D eigenvalue weighted by molar-refractivity contribution is 5.79. The highest BCUT2D eigenvalue weighted by Gasteiger charge is 2.20. The molecular weight excluding hydrogens is 310 g/mol. The monoisotopic (exact) mass is 345 g/mol. The summed E-state index contributed by atoms with van der Waals surface area (Å²) in [6, 6.07) is 5.94. The van der Waals surface area contributed by atoms with Gasteiger partial charge in [0.1, 0.15) is 0 Å². The maximum Gasteiger partial charge on any atom is 0.191 e. The Morgan fingerprint density at radius 2 is 2.00 bits per heavy atom. The van der Waals surface area contributed by atoms with E-state index in [1.165, 1.54) is 38.9 Å². The van der Waals surface area contributed by atoms with Crippen molar-refractivity contribution in [2.24, 2.45) is 16.8 Å². The van der Waals surface area contributed by atoms with Gasteiger partial charge in [-0.2, -0.15) is 0 Å². The Kier molecular flexibility index (Phi) is 8.73. The second-order valence-electron chi connectivity index (χ2n) is 7.36. The summed E-state index contributed by atoms with van der Waals surface area (Å²) in [5.74, 6) is 2.58. The van der Waals surface area contributed by atoms with Crippen molar-refractivity contribution in [2.75, 3.05) is 32.7 Å². The number of pyridine rings is 1. The molecule has 140 valence electrons. The third kappa shape index (κ3) is 7.86. The quantitative estimate of drug-likeness (QED) is 0.432. The number of nitrogens with one attached hydrogen (secondary N) is 2. The van der Waals surface area contributed by atoms with Crippen molar-refractivity contribution in [2.45, 2.75) is 46.6 Å². The third-order valence-corrected chi connectivity index (χ3v) is 4.61. The van der Waals surface area contributed by atoms with Gasteiger partial charge in [-0.15, -0.1) is 0 Å². The van der Waals surface area contributed by atoms with Gasteiger partial charge in [0.25, 0.3) is 0 Å². The van der Waals surface area contributed by atoms with Crippen molar-refractivity contribution >= 4 is 5.96 Å². The van der Waals surface area contributed by atoms with Gasteiger partial charge in [0.2, 0.25) is 0 Å². The van der Waals surface area contributed by atoms with Gasteiger partial charge in [-0.25, -0.2) is 4.99 Å². The fourth-order valence-electron chi connectivity index (χ4n) is 3.64. The van der Waals surface area contributed by atoms with Crippen LogP contribution in [0.15, 0.2) is 29.4 Å². The topological polar surface area (TPSA) is 52.6 Å². The molecule has 25 heavy (non-hydrogen) atoms. The van der Waals surface area contributed by atoms with Gasteiger partial charge in [-0.05, 0) is 56.7 Å². The minimum Gasteiger partial charge on any atom is -0.357 e. The summed E-state index contributed by atoms with van der Waals surface area (Å²) in [4.78, 5) is 11.6. The summed E-state index contributed by atoms with van der Waals surface area (Å²) >= 11 is 0. The number of guanidine groups is 1. The van der Waals surface area contributed by atoms with Crippen molar-refractivity contribution in [1.29, 1.82) is 0 Å². The van der Waals surface area contributed by atoms with Crippen LogP contribution < -0.4 is 10.6 Å². The van der Waals surface area contributed by atoms with E-state index in [0.29, 0.717) is 6.54 Å². The number of hydrogen-bond donors (Lipinski definition) is 2. The summed E-state index contributed by atoms with van der Waals surface area (Å²) in [6.07, 6.45) is 5.61. The lowest BCUT2D eigenvalue weighted by Gasteiger charge is -2.34. The van der Waals surface area contributed by atoms with Crippen molar-refractivity contribution in [1.82, 2.24) is 20.5 Å². The normalized spacial score (nSPS) is 22.0. The Bertz CT molecular complexity index is 492. The van der Waals surface area contributed by atoms with Crippen LogP contribution in [0.1, 0.15) is 45.7 Å². The molecule has 2 heterocycles. The SMILES string of the molecule is CCNC(=NCc1ccccn1)NCCCCN1CC(C)CC(C)C1. The summed E-state index contributed by atoms with van der Waals surface area (Å²) < 4.78 is 0. The molecule has 0 aromatic carbocycles. The molecule has 2 atom stereocenters. The zero-order valence-electron chi connectivity index (χ0n) is 16.2. The molecule has 0 saturated carbocycles. The van der Waals surface area contributed by atoms with E-state index in [4.69, 9.17) is 0 Å². The largest absolute Gasteiger partial charge is 0.357 e. The average Bonchev–Trinajstić information content (AvgIpc) is 2.59. The van der Waals surface area contributed by atoms with E-state index in [-0.39, 0.29) is 0 Å². The summed E-state index contributed by atoms with van der Waals surface area (Å²) in [6.45, 7) is 13.1. The molecule has 5 heteroatoms. The Labute approximate surface area is 153 Å². The molecule has 1 aromatic heterocycles. The first-order chi connectivity index (χ1) is 12.2. The van der Waals surface area contributed by atoms with Crippen molar-refractivity contribution < 1.29 is 0 Å². The van der Waals surface area contributed by atoms with Crippen LogP contribution in [-0.4, -0.2) is 48.6 Å². The number of aliphatic imine (C=N–C) groups is 1.